The molecule has 1 heterocycles. The van der Waals surface area contributed by atoms with E-state index in [2.05, 4.69) is 39.9 Å². The molecule has 0 bridgehead atoms. The number of hydrogen-bond acceptors (Lipinski definition) is 5. The number of carboxylic acids is 1. The summed E-state index contributed by atoms with van der Waals surface area (Å²) in [5.41, 5.74) is 5.84. The van der Waals surface area contributed by atoms with E-state index < -0.39 is 12.1 Å². The highest BCUT2D eigenvalue weighted by Crippen LogP contribution is 2.44. The molecule has 8 nitrogen and oxygen atoms in total. The molecule has 2 amide bonds. The van der Waals surface area contributed by atoms with Crippen LogP contribution < -0.4 is 10.6 Å². The Hall–Kier alpha value is -4.46. The molecular formula is C27H25N3O5. The van der Waals surface area contributed by atoms with Crippen molar-refractivity contribution in [2.45, 2.75) is 19.3 Å². The van der Waals surface area contributed by atoms with Gasteiger partial charge in [0.05, 0.1) is 24.0 Å². The third kappa shape index (κ3) is 5.73. The topological polar surface area (TPSA) is 118 Å². The fraction of sp³-hybridized carbons (Fsp3) is 0.185. The van der Waals surface area contributed by atoms with Crippen molar-refractivity contribution in [3.8, 4) is 11.1 Å². The summed E-state index contributed by atoms with van der Waals surface area (Å²) in [5, 5.41) is 14.1. The van der Waals surface area contributed by atoms with Gasteiger partial charge in [0.25, 0.3) is 5.91 Å². The Morgan fingerprint density at radius 1 is 1.00 bits per heavy atom. The minimum atomic E-state index is -0.975. The van der Waals surface area contributed by atoms with Gasteiger partial charge in [-0.05, 0) is 41.3 Å². The Labute approximate surface area is 202 Å². The molecule has 35 heavy (non-hydrogen) atoms. The van der Waals surface area contributed by atoms with Gasteiger partial charge in [0.1, 0.15) is 6.61 Å². The highest BCUT2D eigenvalue weighted by molar-refractivity contribution is 6.03. The first-order chi connectivity index (χ1) is 16.9. The van der Waals surface area contributed by atoms with Crippen LogP contribution in [0, 0.1) is 0 Å². The van der Waals surface area contributed by atoms with Gasteiger partial charge in [-0.25, -0.2) is 4.79 Å². The predicted molar refractivity (Wildman–Crippen MR) is 131 cm³/mol. The lowest BCUT2D eigenvalue weighted by Crippen LogP contribution is -2.26. The fourth-order valence-corrected chi connectivity index (χ4v) is 4.02. The number of alkyl carbamates (subject to hydrolysis) is 1. The normalized spacial score (nSPS) is 12.4. The number of ether oxygens (including phenoxy) is 1. The minimum absolute atomic E-state index is 0.0216. The number of anilines is 1. The number of amides is 2. The molecule has 8 heteroatoms. The fourth-order valence-electron chi connectivity index (χ4n) is 4.02. The van der Waals surface area contributed by atoms with Crippen molar-refractivity contribution in [2.75, 3.05) is 18.5 Å². The van der Waals surface area contributed by atoms with Gasteiger partial charge < -0.3 is 20.5 Å². The average Bonchev–Trinajstić information content (AvgIpc) is 3.17. The lowest BCUT2D eigenvalue weighted by Gasteiger charge is -2.14. The second-order valence-electron chi connectivity index (χ2n) is 8.16. The average molecular weight is 472 g/mol. The highest BCUT2D eigenvalue weighted by atomic mass is 16.5. The summed E-state index contributed by atoms with van der Waals surface area (Å²) >= 11 is 0. The maximum atomic E-state index is 12.3. The Balaban J connectivity index is 1.26. The van der Waals surface area contributed by atoms with Gasteiger partial charge in [0.15, 0.2) is 0 Å². The van der Waals surface area contributed by atoms with Crippen LogP contribution in [-0.4, -0.2) is 41.2 Å². The van der Waals surface area contributed by atoms with E-state index in [0.717, 1.165) is 22.3 Å². The van der Waals surface area contributed by atoms with Gasteiger partial charge >= 0.3 is 12.1 Å². The molecule has 0 saturated heterocycles. The Kier molecular flexibility index (Phi) is 7.21. The zero-order chi connectivity index (χ0) is 24.8. The van der Waals surface area contributed by atoms with E-state index in [1.54, 1.807) is 25.1 Å². The van der Waals surface area contributed by atoms with Crippen molar-refractivity contribution in [1.29, 1.82) is 0 Å². The molecule has 0 unspecified atom stereocenters. The number of nitrogens with one attached hydrogen (secondary N) is 2. The molecule has 0 fully saturated rings. The van der Waals surface area contributed by atoms with E-state index in [0.29, 0.717) is 17.0 Å². The molecule has 0 aliphatic heterocycles. The molecule has 3 N–H and O–H groups in total. The second-order valence-corrected chi connectivity index (χ2v) is 8.16. The van der Waals surface area contributed by atoms with Crippen LogP contribution in [0.25, 0.3) is 11.1 Å². The Bertz CT molecular complexity index is 1240. The van der Waals surface area contributed by atoms with Gasteiger partial charge in [-0.1, -0.05) is 54.6 Å². The van der Waals surface area contributed by atoms with E-state index >= 15 is 0 Å². The van der Waals surface area contributed by atoms with Gasteiger partial charge in [-0.15, -0.1) is 0 Å². The number of nitrogens with zero attached hydrogens (tertiary/aromatic N) is 1. The van der Waals surface area contributed by atoms with Crippen molar-refractivity contribution in [1.82, 2.24) is 10.3 Å². The van der Waals surface area contributed by atoms with Gasteiger partial charge in [0, 0.05) is 18.0 Å². The molecule has 0 spiro atoms. The monoisotopic (exact) mass is 471 g/mol. The molecule has 4 rings (SSSR count). The smallest absolute Gasteiger partial charge is 0.407 e. The summed E-state index contributed by atoms with van der Waals surface area (Å²) < 4.78 is 5.49. The zero-order valence-corrected chi connectivity index (χ0v) is 19.2. The first kappa shape index (κ1) is 23.7. The number of fused-ring (bicyclic) bond motifs is 3. The number of pyridine rings is 1. The van der Waals surface area contributed by atoms with Crippen LogP contribution in [0.5, 0.6) is 0 Å². The SMILES string of the molecule is C/C(=C\CNC(=O)OCC1c2ccccc2-c2ccccc21)C(=O)Nc1ccc(CC(=O)O)nc1. The zero-order valence-electron chi connectivity index (χ0n) is 19.2. The number of aliphatic carboxylic acids is 1. The number of benzene rings is 2. The van der Waals surface area contributed by atoms with Gasteiger partial charge in [-0.3, -0.25) is 14.6 Å². The molecule has 2 aromatic carbocycles. The molecule has 0 atom stereocenters. The van der Waals surface area contributed by atoms with Crippen molar-refractivity contribution >= 4 is 23.7 Å². The number of carboxylic acid groups (broad SMARTS) is 1. The Morgan fingerprint density at radius 2 is 1.66 bits per heavy atom. The van der Waals surface area contributed by atoms with Crippen molar-refractivity contribution in [3.63, 3.8) is 0 Å². The number of carbonyl (C=O) groups excluding carboxylic acids is 2. The first-order valence-corrected chi connectivity index (χ1v) is 11.2. The number of hydrogen-bond donors (Lipinski definition) is 3. The molecule has 0 radical (unpaired) electrons. The van der Waals surface area contributed by atoms with E-state index in [9.17, 15) is 14.4 Å². The van der Waals surface area contributed by atoms with Crippen LogP contribution in [0.1, 0.15) is 29.7 Å². The summed E-state index contributed by atoms with van der Waals surface area (Å²) in [4.78, 5) is 39.3. The maximum Gasteiger partial charge on any atom is 0.407 e. The quantitative estimate of drug-likeness (QED) is 0.425. The minimum Gasteiger partial charge on any atom is -0.481 e. The molecule has 1 aromatic heterocycles. The Morgan fingerprint density at radius 3 is 2.26 bits per heavy atom. The van der Waals surface area contributed by atoms with Crippen LogP contribution in [0.3, 0.4) is 0 Å². The standard InChI is InChI=1S/C27H25N3O5/c1-17(26(33)30-19-11-10-18(29-15-19)14-25(31)32)12-13-28-27(34)35-16-24-22-8-4-2-6-20(22)21-7-3-5-9-23(21)24/h2-12,15,24H,13-14,16H2,1H3,(H,28,34)(H,30,33)(H,31,32)/b17-12+. The largest absolute Gasteiger partial charge is 0.481 e. The number of carbonyl (C=O) groups is 3. The van der Waals surface area contributed by atoms with Crippen molar-refractivity contribution in [3.05, 3.63) is 95.3 Å². The van der Waals surface area contributed by atoms with E-state index in [1.165, 1.54) is 6.20 Å². The molecule has 3 aromatic rings. The second kappa shape index (κ2) is 10.6. The van der Waals surface area contributed by atoms with E-state index in [1.807, 2.05) is 24.3 Å². The number of rotatable bonds is 8. The van der Waals surface area contributed by atoms with Crippen LogP contribution in [0.2, 0.25) is 0 Å². The third-order valence-corrected chi connectivity index (χ3v) is 5.77. The number of aromatic nitrogens is 1. The molecule has 0 saturated carbocycles. The van der Waals surface area contributed by atoms with Crippen molar-refractivity contribution < 1.29 is 24.2 Å². The summed E-state index contributed by atoms with van der Waals surface area (Å²) in [6.07, 6.45) is 2.24. The van der Waals surface area contributed by atoms with E-state index in [-0.39, 0.29) is 31.4 Å². The molecular weight excluding hydrogens is 446 g/mol. The van der Waals surface area contributed by atoms with Crippen LogP contribution in [-0.2, 0) is 20.7 Å². The molecule has 178 valence electrons. The van der Waals surface area contributed by atoms with Gasteiger partial charge in [-0.2, -0.15) is 0 Å². The highest BCUT2D eigenvalue weighted by Gasteiger charge is 2.28. The summed E-state index contributed by atoms with van der Waals surface area (Å²) in [5.74, 6) is -1.35. The first-order valence-electron chi connectivity index (χ1n) is 11.2. The van der Waals surface area contributed by atoms with Crippen LogP contribution in [0.15, 0.2) is 78.5 Å². The van der Waals surface area contributed by atoms with Crippen LogP contribution in [0.4, 0.5) is 10.5 Å². The molecule has 1 aliphatic carbocycles. The maximum absolute atomic E-state index is 12.3. The molecule has 1 aliphatic rings. The van der Waals surface area contributed by atoms with E-state index in [4.69, 9.17) is 9.84 Å². The van der Waals surface area contributed by atoms with Crippen molar-refractivity contribution in [2.24, 2.45) is 0 Å². The summed E-state index contributed by atoms with van der Waals surface area (Å²) in [6.45, 7) is 1.97. The third-order valence-electron chi connectivity index (χ3n) is 5.77. The predicted octanol–water partition coefficient (Wildman–Crippen LogP) is 4.13. The summed E-state index contributed by atoms with van der Waals surface area (Å²) in [7, 11) is 0. The van der Waals surface area contributed by atoms with Crippen LogP contribution >= 0.6 is 0 Å². The summed E-state index contributed by atoms with van der Waals surface area (Å²) in [6, 6.07) is 19.4. The van der Waals surface area contributed by atoms with Gasteiger partial charge in [0.2, 0.25) is 0 Å². The lowest BCUT2D eigenvalue weighted by molar-refractivity contribution is -0.136. The lowest BCUT2D eigenvalue weighted by atomic mass is 9.98.